The second-order valence-corrected chi connectivity index (χ2v) is 3.27. The summed E-state index contributed by atoms with van der Waals surface area (Å²) < 4.78 is 61.4. The molecule has 86 valence electrons. The van der Waals surface area contributed by atoms with E-state index >= 15 is 0 Å². The van der Waals surface area contributed by atoms with Crippen molar-refractivity contribution in [2.24, 2.45) is 0 Å². The molecule has 0 saturated heterocycles. The van der Waals surface area contributed by atoms with Crippen molar-refractivity contribution in [3.05, 3.63) is 11.1 Å². The van der Waals surface area contributed by atoms with E-state index in [2.05, 4.69) is 0 Å². The molecule has 0 heterocycles. The number of hydrogen-bond acceptors (Lipinski definition) is 2. The normalized spacial score (nSPS) is 23.9. The van der Waals surface area contributed by atoms with E-state index < -0.39 is 41.6 Å². The zero-order valence-electron chi connectivity index (χ0n) is 7.53. The van der Waals surface area contributed by atoms with Crippen LogP contribution < -0.4 is 0 Å². The van der Waals surface area contributed by atoms with Gasteiger partial charge >= 0.3 is 12.1 Å². The standard InChI is InChI=1S/C8H7F5O2/c1-3-4(14)2-5(15)6(3)7(9,10)8(11,12)13/h4,14H,2H2,1H3/t4-/m0/s1. The van der Waals surface area contributed by atoms with E-state index in [1.165, 1.54) is 0 Å². The van der Waals surface area contributed by atoms with Gasteiger partial charge in [0, 0.05) is 6.42 Å². The van der Waals surface area contributed by atoms with Crippen LogP contribution in [0.5, 0.6) is 0 Å². The summed E-state index contributed by atoms with van der Waals surface area (Å²) in [6.07, 6.45) is -8.07. The zero-order valence-corrected chi connectivity index (χ0v) is 7.53. The first-order chi connectivity index (χ1) is 6.59. The maximum absolute atomic E-state index is 12.8. The Balaban J connectivity index is 3.24. The molecule has 7 heteroatoms. The minimum Gasteiger partial charge on any atom is -0.388 e. The van der Waals surface area contributed by atoms with Crippen LogP contribution in [0.3, 0.4) is 0 Å². The monoisotopic (exact) mass is 230 g/mol. The fraction of sp³-hybridized carbons (Fsp3) is 0.625. The van der Waals surface area contributed by atoms with Crippen molar-refractivity contribution < 1.29 is 31.9 Å². The molecule has 1 N–H and O–H groups in total. The second-order valence-electron chi connectivity index (χ2n) is 3.27. The van der Waals surface area contributed by atoms with E-state index in [9.17, 15) is 26.7 Å². The summed E-state index contributed by atoms with van der Waals surface area (Å²) in [5.74, 6) is -6.55. The second kappa shape index (κ2) is 3.26. The number of ketones is 1. The summed E-state index contributed by atoms with van der Waals surface area (Å²) >= 11 is 0. The van der Waals surface area contributed by atoms with Gasteiger partial charge in [0.15, 0.2) is 5.78 Å². The van der Waals surface area contributed by atoms with E-state index in [0.29, 0.717) is 0 Å². The van der Waals surface area contributed by atoms with Crippen molar-refractivity contribution in [2.75, 3.05) is 0 Å². The lowest BCUT2D eigenvalue weighted by Gasteiger charge is -2.20. The first kappa shape index (κ1) is 12.1. The third kappa shape index (κ3) is 1.75. The Labute approximate surface area is 81.4 Å². The fourth-order valence-electron chi connectivity index (χ4n) is 1.38. The number of alkyl halides is 5. The molecule has 0 radical (unpaired) electrons. The predicted octanol–water partition coefficient (Wildman–Crippen LogP) is 1.83. The molecule has 1 rings (SSSR count). The molecule has 15 heavy (non-hydrogen) atoms. The summed E-state index contributed by atoms with van der Waals surface area (Å²) in [6, 6.07) is 0. The number of carbonyl (C=O) groups excluding carboxylic acids is 1. The molecule has 0 aromatic rings. The molecule has 2 nitrogen and oxygen atoms in total. The molecule has 1 atom stereocenters. The number of carbonyl (C=O) groups is 1. The van der Waals surface area contributed by atoms with Crippen molar-refractivity contribution in [3.8, 4) is 0 Å². The fourth-order valence-corrected chi connectivity index (χ4v) is 1.38. The number of rotatable bonds is 1. The van der Waals surface area contributed by atoms with Crippen LogP contribution in [0.1, 0.15) is 13.3 Å². The molecule has 0 bridgehead atoms. The van der Waals surface area contributed by atoms with Gasteiger partial charge < -0.3 is 5.11 Å². The number of allylic oxidation sites excluding steroid dienone is 1. The topological polar surface area (TPSA) is 37.3 Å². The highest BCUT2D eigenvalue weighted by atomic mass is 19.4. The van der Waals surface area contributed by atoms with Gasteiger partial charge in [-0.2, -0.15) is 22.0 Å². The van der Waals surface area contributed by atoms with Gasteiger partial charge in [-0.05, 0) is 12.5 Å². The SMILES string of the molecule is CC1=C(C(F)(F)C(F)(F)F)C(=O)C[C@@H]1O. The Morgan fingerprint density at radius 1 is 1.27 bits per heavy atom. The van der Waals surface area contributed by atoms with Crippen molar-refractivity contribution in [2.45, 2.75) is 31.5 Å². The van der Waals surface area contributed by atoms with Crippen molar-refractivity contribution in [3.63, 3.8) is 0 Å². The van der Waals surface area contributed by atoms with Gasteiger partial charge in [-0.1, -0.05) is 0 Å². The third-order valence-corrected chi connectivity index (χ3v) is 2.22. The summed E-state index contributed by atoms with van der Waals surface area (Å²) in [4.78, 5) is 10.9. The number of halogens is 5. The van der Waals surface area contributed by atoms with Gasteiger partial charge in [0.25, 0.3) is 0 Å². The first-order valence-corrected chi connectivity index (χ1v) is 3.96. The summed E-state index contributed by atoms with van der Waals surface area (Å²) in [7, 11) is 0. The molecule has 0 aliphatic heterocycles. The van der Waals surface area contributed by atoms with Crippen LogP contribution >= 0.6 is 0 Å². The van der Waals surface area contributed by atoms with Gasteiger partial charge in [0.05, 0.1) is 11.7 Å². The van der Waals surface area contributed by atoms with Gasteiger partial charge in [0.2, 0.25) is 0 Å². The minimum atomic E-state index is -5.82. The Hall–Kier alpha value is -0.980. The Bertz CT molecular complexity index is 328. The average molecular weight is 230 g/mol. The highest BCUT2D eigenvalue weighted by Gasteiger charge is 2.63. The number of hydrogen-bond donors (Lipinski definition) is 1. The maximum Gasteiger partial charge on any atom is 0.458 e. The Morgan fingerprint density at radius 2 is 1.73 bits per heavy atom. The third-order valence-electron chi connectivity index (χ3n) is 2.22. The maximum atomic E-state index is 12.8. The number of Topliss-reactive ketones (excluding diaryl/α,β-unsaturated/α-hetero) is 1. The Kier molecular flexibility index (Phi) is 2.63. The van der Waals surface area contributed by atoms with Crippen LogP contribution in [0, 0.1) is 0 Å². The van der Waals surface area contributed by atoms with E-state index in [4.69, 9.17) is 5.11 Å². The van der Waals surface area contributed by atoms with Gasteiger partial charge in [-0.3, -0.25) is 4.79 Å². The van der Waals surface area contributed by atoms with Gasteiger partial charge in [-0.25, -0.2) is 0 Å². The molecule has 1 aliphatic carbocycles. The van der Waals surface area contributed by atoms with Crippen LogP contribution in [0.15, 0.2) is 11.1 Å². The lowest BCUT2D eigenvalue weighted by Crippen LogP contribution is -2.40. The highest BCUT2D eigenvalue weighted by Crippen LogP contribution is 2.45. The lowest BCUT2D eigenvalue weighted by atomic mass is 10.0. The molecule has 1 aliphatic rings. The van der Waals surface area contributed by atoms with E-state index in [-0.39, 0.29) is 0 Å². The quantitative estimate of drug-likeness (QED) is 0.698. The molecule has 0 saturated carbocycles. The smallest absolute Gasteiger partial charge is 0.388 e. The number of aliphatic hydroxyl groups is 1. The summed E-state index contributed by atoms with van der Waals surface area (Å²) in [5, 5.41) is 8.99. The largest absolute Gasteiger partial charge is 0.458 e. The highest BCUT2D eigenvalue weighted by molar-refractivity contribution is 6.01. The average Bonchev–Trinajstić information content (AvgIpc) is 2.24. The van der Waals surface area contributed by atoms with Crippen molar-refractivity contribution in [1.82, 2.24) is 0 Å². The minimum absolute atomic E-state index is 0.609. The molecule has 0 unspecified atom stereocenters. The Morgan fingerprint density at radius 3 is 2.00 bits per heavy atom. The molecule has 0 amide bonds. The van der Waals surface area contributed by atoms with Crippen LogP contribution in [0.2, 0.25) is 0 Å². The van der Waals surface area contributed by atoms with Crippen molar-refractivity contribution in [1.29, 1.82) is 0 Å². The molecule has 0 aromatic heterocycles. The van der Waals surface area contributed by atoms with Crippen LogP contribution in [-0.4, -0.2) is 29.1 Å². The van der Waals surface area contributed by atoms with Gasteiger partial charge in [-0.15, -0.1) is 0 Å². The summed E-state index contributed by atoms with van der Waals surface area (Å²) in [6.45, 7) is 0.893. The first-order valence-electron chi connectivity index (χ1n) is 3.96. The van der Waals surface area contributed by atoms with Crippen LogP contribution in [0.4, 0.5) is 22.0 Å². The molecule has 0 spiro atoms. The molecule has 0 fully saturated rings. The summed E-state index contributed by atoms with van der Waals surface area (Å²) in [5.41, 5.74) is -2.23. The molecule has 0 aromatic carbocycles. The van der Waals surface area contributed by atoms with Crippen LogP contribution in [-0.2, 0) is 4.79 Å². The lowest BCUT2D eigenvalue weighted by molar-refractivity contribution is -0.263. The van der Waals surface area contributed by atoms with Gasteiger partial charge in [0.1, 0.15) is 0 Å². The zero-order chi connectivity index (χ0) is 12.0. The number of aliphatic hydroxyl groups excluding tert-OH is 1. The molecular weight excluding hydrogens is 223 g/mol. The van der Waals surface area contributed by atoms with E-state index in [1.54, 1.807) is 0 Å². The predicted molar refractivity (Wildman–Crippen MR) is 39.3 cm³/mol. The molecular formula is C8H7F5O2. The van der Waals surface area contributed by atoms with Crippen LogP contribution in [0.25, 0.3) is 0 Å². The van der Waals surface area contributed by atoms with Crippen molar-refractivity contribution >= 4 is 5.78 Å². The van der Waals surface area contributed by atoms with E-state index in [0.717, 1.165) is 6.92 Å². The van der Waals surface area contributed by atoms with E-state index in [1.807, 2.05) is 0 Å².